The minimum Gasteiger partial charge on any atom is -0.373 e. The lowest BCUT2D eigenvalue weighted by atomic mass is 9.74. The van der Waals surface area contributed by atoms with E-state index in [4.69, 9.17) is 10.6 Å². The highest BCUT2D eigenvalue weighted by Crippen LogP contribution is 2.37. The van der Waals surface area contributed by atoms with Crippen molar-refractivity contribution in [1.29, 1.82) is 0 Å². The van der Waals surface area contributed by atoms with Crippen LogP contribution in [-0.2, 0) is 11.2 Å². The van der Waals surface area contributed by atoms with Crippen LogP contribution in [0.5, 0.6) is 0 Å². The molecule has 3 N–H and O–H groups in total. The van der Waals surface area contributed by atoms with Crippen LogP contribution in [0.2, 0.25) is 0 Å². The van der Waals surface area contributed by atoms with Crippen molar-refractivity contribution < 1.29 is 22.3 Å². The Bertz CT molecular complexity index is 470. The lowest BCUT2D eigenvalue weighted by Gasteiger charge is -2.33. The predicted molar refractivity (Wildman–Crippen MR) is 70.4 cm³/mol. The second-order valence-corrected chi connectivity index (χ2v) is 5.28. The van der Waals surface area contributed by atoms with Gasteiger partial charge in [-0.15, -0.1) is 0 Å². The van der Waals surface area contributed by atoms with Crippen LogP contribution in [0.1, 0.15) is 23.5 Å². The van der Waals surface area contributed by atoms with Gasteiger partial charge in [-0.3, -0.25) is 11.3 Å². The third-order valence-electron chi connectivity index (χ3n) is 3.70. The van der Waals surface area contributed by atoms with Gasteiger partial charge < -0.3 is 4.74 Å². The van der Waals surface area contributed by atoms with E-state index in [9.17, 15) is 17.6 Å². The maximum Gasteiger partial charge on any atom is 0.330 e. The highest BCUT2D eigenvalue weighted by atomic mass is 19.3. The molecule has 0 amide bonds. The zero-order chi connectivity index (χ0) is 15.5. The number of fused-ring (bicyclic) bond motifs is 1. The minimum atomic E-state index is -4.12. The normalized spacial score (nSPS) is 19.2. The molecule has 0 aliphatic heterocycles. The summed E-state index contributed by atoms with van der Waals surface area (Å²) < 4.78 is 54.1. The third-order valence-corrected chi connectivity index (χ3v) is 3.70. The third kappa shape index (κ3) is 3.93. The highest BCUT2D eigenvalue weighted by molar-refractivity contribution is 5.39. The molecule has 3 nitrogen and oxygen atoms in total. The van der Waals surface area contributed by atoms with Gasteiger partial charge in [0.05, 0.1) is 6.61 Å². The van der Waals surface area contributed by atoms with Crippen molar-refractivity contribution >= 4 is 0 Å². The quantitative estimate of drug-likeness (QED) is 0.441. The van der Waals surface area contributed by atoms with Crippen LogP contribution in [0.15, 0.2) is 24.3 Å². The van der Waals surface area contributed by atoms with Gasteiger partial charge >= 0.3 is 12.3 Å². The van der Waals surface area contributed by atoms with E-state index in [0.717, 1.165) is 6.42 Å². The summed E-state index contributed by atoms with van der Waals surface area (Å²) in [6.07, 6.45) is -2.20. The minimum absolute atomic E-state index is 0.128. The molecule has 2 unspecified atom stereocenters. The molecule has 0 aromatic heterocycles. The number of rotatable bonds is 8. The maximum atomic E-state index is 12.7. The Morgan fingerprint density at radius 3 is 2.67 bits per heavy atom. The van der Waals surface area contributed by atoms with Crippen molar-refractivity contribution in [2.75, 3.05) is 13.2 Å². The number of hydrogen-bond acceptors (Lipinski definition) is 3. The number of benzene rings is 1. The van der Waals surface area contributed by atoms with Gasteiger partial charge in [-0.1, -0.05) is 24.3 Å². The Kier molecular flexibility index (Phi) is 5.18. The number of nitrogens with one attached hydrogen (secondary N) is 1. The molecule has 2 atom stereocenters. The van der Waals surface area contributed by atoms with Crippen LogP contribution in [0.25, 0.3) is 0 Å². The summed E-state index contributed by atoms with van der Waals surface area (Å²) in [5, 5.41) is 0. The first-order valence-corrected chi connectivity index (χ1v) is 6.71. The van der Waals surface area contributed by atoms with Gasteiger partial charge in [0.1, 0.15) is 6.61 Å². The molecule has 21 heavy (non-hydrogen) atoms. The van der Waals surface area contributed by atoms with E-state index in [1.54, 1.807) is 0 Å². The van der Waals surface area contributed by atoms with Crippen LogP contribution < -0.4 is 11.3 Å². The number of halogens is 4. The van der Waals surface area contributed by atoms with E-state index in [-0.39, 0.29) is 12.6 Å². The number of hydrazine groups is 1. The van der Waals surface area contributed by atoms with Crippen LogP contribution in [-0.4, -0.2) is 31.6 Å². The number of nitrogens with two attached hydrogens (primary N) is 1. The maximum absolute atomic E-state index is 12.7. The summed E-state index contributed by atoms with van der Waals surface area (Å²) in [6.45, 7) is -1.43. The fourth-order valence-corrected chi connectivity index (χ4v) is 2.50. The summed E-state index contributed by atoms with van der Waals surface area (Å²) >= 11 is 0. The molecule has 0 saturated carbocycles. The molecule has 2 rings (SSSR count). The Balaban J connectivity index is 1.77. The van der Waals surface area contributed by atoms with Gasteiger partial charge in [0.2, 0.25) is 0 Å². The van der Waals surface area contributed by atoms with E-state index in [1.165, 1.54) is 11.1 Å². The van der Waals surface area contributed by atoms with Gasteiger partial charge in [-0.2, -0.15) is 8.78 Å². The molecule has 7 heteroatoms. The van der Waals surface area contributed by atoms with Gasteiger partial charge in [0, 0.05) is 6.04 Å². The zero-order valence-electron chi connectivity index (χ0n) is 11.4. The molecule has 0 radical (unpaired) electrons. The summed E-state index contributed by atoms with van der Waals surface area (Å²) in [4.78, 5) is 0. The molecule has 0 saturated heterocycles. The molecule has 118 valence electrons. The smallest absolute Gasteiger partial charge is 0.330 e. The van der Waals surface area contributed by atoms with Crippen molar-refractivity contribution in [3.05, 3.63) is 35.4 Å². The molecule has 0 fully saturated rings. The first-order valence-electron chi connectivity index (χ1n) is 6.71. The van der Waals surface area contributed by atoms with E-state index < -0.39 is 19.0 Å². The molecule has 0 heterocycles. The lowest BCUT2D eigenvalue weighted by Crippen LogP contribution is -2.42. The summed E-state index contributed by atoms with van der Waals surface area (Å²) in [6, 6.07) is 7.61. The standard InChI is InChI=1S/C14H18F4N2O/c15-13(16)14(17,18)8-21-7-11(20-19)6-10-5-9-3-1-2-4-12(9)10/h1-4,10-11,13,20H,5-8,19H2. The topological polar surface area (TPSA) is 47.3 Å². The summed E-state index contributed by atoms with van der Waals surface area (Å²) in [7, 11) is 0. The molecular weight excluding hydrogens is 288 g/mol. The fraction of sp³-hybridized carbons (Fsp3) is 0.571. The second kappa shape index (κ2) is 6.72. The highest BCUT2D eigenvalue weighted by Gasteiger charge is 2.41. The number of alkyl halides is 4. The monoisotopic (exact) mass is 306 g/mol. The Hall–Kier alpha value is -1.18. The summed E-state index contributed by atoms with van der Waals surface area (Å²) in [5.41, 5.74) is 4.98. The molecule has 1 aliphatic carbocycles. The van der Waals surface area contributed by atoms with E-state index in [2.05, 4.69) is 5.43 Å². The van der Waals surface area contributed by atoms with Crippen molar-refractivity contribution in [2.45, 2.75) is 37.1 Å². The molecular formula is C14H18F4N2O. The fourth-order valence-electron chi connectivity index (χ4n) is 2.50. The second-order valence-electron chi connectivity index (χ2n) is 5.28. The Morgan fingerprint density at radius 2 is 2.05 bits per heavy atom. The van der Waals surface area contributed by atoms with E-state index in [1.807, 2.05) is 24.3 Å². The van der Waals surface area contributed by atoms with Gasteiger partial charge in [-0.05, 0) is 29.9 Å². The first kappa shape index (κ1) is 16.2. The molecule has 0 bridgehead atoms. The van der Waals surface area contributed by atoms with Crippen LogP contribution >= 0.6 is 0 Å². The van der Waals surface area contributed by atoms with Gasteiger partial charge in [0.15, 0.2) is 0 Å². The molecule has 1 aromatic carbocycles. The Labute approximate surface area is 120 Å². The number of hydrogen-bond donors (Lipinski definition) is 2. The molecule has 1 aromatic rings. The predicted octanol–water partition coefficient (Wildman–Crippen LogP) is 2.47. The van der Waals surface area contributed by atoms with Crippen molar-refractivity contribution in [3.8, 4) is 0 Å². The van der Waals surface area contributed by atoms with Crippen LogP contribution in [0.3, 0.4) is 0 Å². The van der Waals surface area contributed by atoms with Crippen LogP contribution in [0.4, 0.5) is 17.6 Å². The van der Waals surface area contributed by atoms with E-state index in [0.29, 0.717) is 12.3 Å². The molecule has 0 spiro atoms. The van der Waals surface area contributed by atoms with Crippen molar-refractivity contribution in [1.82, 2.24) is 5.43 Å². The average Bonchev–Trinajstić information content (AvgIpc) is 2.42. The van der Waals surface area contributed by atoms with Gasteiger partial charge in [0.25, 0.3) is 0 Å². The SMILES string of the molecule is NNC(COCC(F)(F)C(F)F)CC1Cc2ccccc21. The average molecular weight is 306 g/mol. The molecule has 1 aliphatic rings. The van der Waals surface area contributed by atoms with E-state index >= 15 is 0 Å². The van der Waals surface area contributed by atoms with Crippen LogP contribution in [0, 0.1) is 0 Å². The first-order chi connectivity index (χ1) is 9.94. The van der Waals surface area contributed by atoms with Gasteiger partial charge in [-0.25, -0.2) is 8.78 Å². The van der Waals surface area contributed by atoms with Crippen molar-refractivity contribution in [3.63, 3.8) is 0 Å². The number of ether oxygens (including phenoxy) is 1. The summed E-state index contributed by atoms with van der Waals surface area (Å²) in [5.74, 6) is 1.53. The lowest BCUT2D eigenvalue weighted by molar-refractivity contribution is -0.167. The van der Waals surface area contributed by atoms with Crippen molar-refractivity contribution in [2.24, 2.45) is 5.84 Å². The Morgan fingerprint density at radius 1 is 1.33 bits per heavy atom. The largest absolute Gasteiger partial charge is 0.373 e. The zero-order valence-corrected chi connectivity index (χ0v) is 11.4.